The third-order valence-electron chi connectivity index (χ3n) is 0.394. The van der Waals surface area contributed by atoms with E-state index in [1.54, 1.807) is 0 Å². The Balaban J connectivity index is 3.40. The van der Waals surface area contributed by atoms with Crippen LogP contribution in [0.25, 0.3) is 0 Å². The Morgan fingerprint density at radius 1 is 1.75 bits per heavy atom. The predicted molar refractivity (Wildman–Crippen MR) is 32.1 cm³/mol. The Labute approximate surface area is 48.1 Å². The van der Waals surface area contributed by atoms with E-state index in [-0.39, 0.29) is 6.61 Å². The molecule has 0 aromatic heterocycles. The van der Waals surface area contributed by atoms with Crippen molar-refractivity contribution in [2.24, 2.45) is 11.0 Å². The van der Waals surface area contributed by atoms with Gasteiger partial charge in [-0.2, -0.15) is 0 Å². The summed E-state index contributed by atoms with van der Waals surface area (Å²) in [5.74, 6) is 0. The minimum Gasteiger partial charge on any atom is -0.302 e. The summed E-state index contributed by atoms with van der Waals surface area (Å²) < 4.78 is 14.6. The van der Waals surface area contributed by atoms with E-state index in [9.17, 15) is 4.57 Å². The summed E-state index contributed by atoms with van der Waals surface area (Å²) in [5.41, 5.74) is 9.57. The van der Waals surface area contributed by atoms with Crippen LogP contribution in [0.5, 0.6) is 0 Å². The largest absolute Gasteiger partial charge is 0.335 e. The van der Waals surface area contributed by atoms with Gasteiger partial charge in [0.15, 0.2) is 0 Å². The molecule has 0 aliphatic rings. The van der Waals surface area contributed by atoms with Crippen LogP contribution in [0.4, 0.5) is 0 Å². The third-order valence-corrected chi connectivity index (χ3v) is 0.947. The van der Waals surface area contributed by atoms with E-state index in [0.717, 1.165) is 0 Å². The summed E-state index contributed by atoms with van der Waals surface area (Å²) in [6.45, 7) is 3.44. The van der Waals surface area contributed by atoms with E-state index in [1.807, 2.05) is 0 Å². The molecule has 4 nitrogen and oxygen atoms in total. The lowest BCUT2D eigenvalue weighted by atomic mass is 10.7. The van der Waals surface area contributed by atoms with Gasteiger partial charge in [-0.25, -0.2) is 11.0 Å². The van der Waals surface area contributed by atoms with Crippen LogP contribution in [0, 0.1) is 0 Å². The molecule has 4 N–H and O–H groups in total. The lowest BCUT2D eigenvalue weighted by molar-refractivity contribution is 0.354. The second-order valence-corrected chi connectivity index (χ2v) is 2.78. The smallest absolute Gasteiger partial charge is 0.302 e. The third kappa shape index (κ3) is 5.85. The maximum absolute atomic E-state index is 10.3. The molecule has 0 fully saturated rings. The van der Waals surface area contributed by atoms with Crippen molar-refractivity contribution in [2.75, 3.05) is 6.61 Å². The Morgan fingerprint density at radius 2 is 2.25 bits per heavy atom. The zero-order valence-corrected chi connectivity index (χ0v) is 5.30. The molecular formula is C3H9N2O2P. The average Bonchev–Trinajstić information content (AvgIpc) is 1.59. The van der Waals surface area contributed by atoms with Gasteiger partial charge in [-0.1, -0.05) is 6.08 Å². The first-order valence-corrected chi connectivity index (χ1v) is 3.75. The molecule has 0 spiro atoms. The van der Waals surface area contributed by atoms with Crippen LogP contribution in [-0.2, 0) is 9.09 Å². The molecule has 0 bridgehead atoms. The van der Waals surface area contributed by atoms with Gasteiger partial charge in [-0.05, 0) is 0 Å². The molecule has 0 unspecified atom stereocenters. The Kier molecular flexibility index (Phi) is 2.94. The molecule has 0 saturated heterocycles. The van der Waals surface area contributed by atoms with E-state index in [4.69, 9.17) is 11.0 Å². The minimum absolute atomic E-state index is 0.129. The van der Waals surface area contributed by atoms with E-state index in [2.05, 4.69) is 11.1 Å². The normalized spacial score (nSPS) is 11.2. The maximum Gasteiger partial charge on any atom is 0.335 e. The monoisotopic (exact) mass is 136 g/mol. The molecule has 48 valence electrons. The lowest BCUT2D eigenvalue weighted by Gasteiger charge is -2.02. The van der Waals surface area contributed by atoms with Crippen molar-refractivity contribution in [1.82, 2.24) is 0 Å². The van der Waals surface area contributed by atoms with E-state index in [1.165, 1.54) is 6.08 Å². The van der Waals surface area contributed by atoms with Crippen molar-refractivity contribution in [3.8, 4) is 0 Å². The topological polar surface area (TPSA) is 78.3 Å². The van der Waals surface area contributed by atoms with Crippen molar-refractivity contribution < 1.29 is 9.09 Å². The molecule has 8 heavy (non-hydrogen) atoms. The number of hydrogen-bond acceptors (Lipinski definition) is 2. The van der Waals surface area contributed by atoms with Crippen LogP contribution in [0.15, 0.2) is 12.7 Å². The van der Waals surface area contributed by atoms with Crippen molar-refractivity contribution in [3.05, 3.63) is 12.7 Å². The first kappa shape index (κ1) is 7.85. The van der Waals surface area contributed by atoms with Crippen molar-refractivity contribution in [2.45, 2.75) is 0 Å². The van der Waals surface area contributed by atoms with Crippen LogP contribution in [0.2, 0.25) is 0 Å². The van der Waals surface area contributed by atoms with Gasteiger partial charge in [-0.3, -0.25) is 4.57 Å². The summed E-state index contributed by atoms with van der Waals surface area (Å²) in [6.07, 6.45) is 1.42. The molecule has 0 atom stereocenters. The fourth-order valence-electron chi connectivity index (χ4n) is 0.169. The Hall–Kier alpha value is -0.150. The molecule has 0 radical (unpaired) electrons. The molecule has 0 amide bonds. The van der Waals surface area contributed by atoms with Crippen LogP contribution < -0.4 is 11.0 Å². The van der Waals surface area contributed by atoms with Gasteiger partial charge in [0.05, 0.1) is 6.61 Å². The predicted octanol–water partition coefficient (Wildman–Crippen LogP) is 0.215. The highest BCUT2D eigenvalue weighted by Gasteiger charge is 2.04. The molecule has 0 saturated carbocycles. The molecular weight excluding hydrogens is 127 g/mol. The fourth-order valence-corrected chi connectivity index (χ4v) is 0.508. The van der Waals surface area contributed by atoms with Crippen LogP contribution >= 0.6 is 7.67 Å². The fraction of sp³-hybridized carbons (Fsp3) is 0.333. The van der Waals surface area contributed by atoms with Crippen molar-refractivity contribution >= 4 is 7.67 Å². The van der Waals surface area contributed by atoms with Gasteiger partial charge < -0.3 is 4.52 Å². The van der Waals surface area contributed by atoms with E-state index < -0.39 is 7.67 Å². The maximum atomic E-state index is 10.3. The number of hydrogen-bond donors (Lipinski definition) is 2. The zero-order valence-electron chi connectivity index (χ0n) is 4.41. The molecule has 0 heterocycles. The SMILES string of the molecule is C=CCOP(N)(N)=O. The summed E-state index contributed by atoms with van der Waals surface area (Å²) in [5, 5.41) is 0. The van der Waals surface area contributed by atoms with Gasteiger partial charge in [0.2, 0.25) is 0 Å². The number of rotatable bonds is 3. The van der Waals surface area contributed by atoms with Gasteiger partial charge in [-0.15, -0.1) is 6.58 Å². The molecule has 0 aromatic carbocycles. The minimum atomic E-state index is -3.25. The summed E-state index contributed by atoms with van der Waals surface area (Å²) in [7, 11) is -3.25. The van der Waals surface area contributed by atoms with Gasteiger partial charge >= 0.3 is 7.67 Å². The van der Waals surface area contributed by atoms with Crippen molar-refractivity contribution in [3.63, 3.8) is 0 Å². The van der Waals surface area contributed by atoms with Gasteiger partial charge in [0.1, 0.15) is 0 Å². The summed E-state index contributed by atoms with van der Waals surface area (Å²) in [6, 6.07) is 0. The lowest BCUT2D eigenvalue weighted by Crippen LogP contribution is -2.07. The van der Waals surface area contributed by atoms with Crippen LogP contribution in [-0.4, -0.2) is 6.61 Å². The summed E-state index contributed by atoms with van der Waals surface area (Å²) in [4.78, 5) is 0. The Bertz CT molecular complexity index is 118. The highest BCUT2D eigenvalue weighted by atomic mass is 31.2. The first-order valence-electron chi connectivity index (χ1n) is 1.99. The molecule has 0 aromatic rings. The molecule has 0 aliphatic carbocycles. The second-order valence-electron chi connectivity index (χ2n) is 1.23. The average molecular weight is 136 g/mol. The van der Waals surface area contributed by atoms with Gasteiger partial charge in [0.25, 0.3) is 0 Å². The van der Waals surface area contributed by atoms with E-state index in [0.29, 0.717) is 0 Å². The van der Waals surface area contributed by atoms with Gasteiger partial charge in [0, 0.05) is 0 Å². The zero-order chi connectivity index (χ0) is 6.62. The first-order chi connectivity index (χ1) is 3.56. The summed E-state index contributed by atoms with van der Waals surface area (Å²) >= 11 is 0. The standard InChI is InChI=1S/C3H9N2O2P/c1-2-3-7-8(4,5)6/h2H,1,3H2,(H4,4,5,6). The quantitative estimate of drug-likeness (QED) is 0.429. The number of nitrogens with two attached hydrogens (primary N) is 2. The highest BCUT2D eigenvalue weighted by molar-refractivity contribution is 7.53. The highest BCUT2D eigenvalue weighted by Crippen LogP contribution is 2.25. The molecule has 0 rings (SSSR count). The van der Waals surface area contributed by atoms with Crippen molar-refractivity contribution in [1.29, 1.82) is 0 Å². The van der Waals surface area contributed by atoms with Crippen LogP contribution in [0.1, 0.15) is 0 Å². The molecule has 0 aliphatic heterocycles. The van der Waals surface area contributed by atoms with Crippen LogP contribution in [0.3, 0.4) is 0 Å². The second kappa shape index (κ2) is 2.99. The molecule has 5 heteroatoms. The van der Waals surface area contributed by atoms with E-state index >= 15 is 0 Å². The Morgan fingerprint density at radius 3 is 2.38 bits per heavy atom.